The number of benzene rings is 1. The van der Waals surface area contributed by atoms with Gasteiger partial charge in [0.15, 0.2) is 11.6 Å². The molecular formula is C23H22O6S. The van der Waals surface area contributed by atoms with Crippen LogP contribution in [0.15, 0.2) is 52.9 Å². The zero-order chi connectivity index (χ0) is 21.8. The van der Waals surface area contributed by atoms with Crippen LogP contribution in [0, 0.1) is 0 Å². The monoisotopic (exact) mass is 426 g/mol. The molecule has 0 saturated carbocycles. The summed E-state index contributed by atoms with van der Waals surface area (Å²) in [4.78, 5) is 39.1. The van der Waals surface area contributed by atoms with Gasteiger partial charge in [0.25, 0.3) is 0 Å². The molecule has 7 heteroatoms. The molecular weight excluding hydrogens is 404 g/mol. The second kappa shape index (κ2) is 9.09. The number of fused-ring (bicyclic) bond motifs is 1. The number of phenols is 2. The second-order valence-electron chi connectivity index (χ2n) is 7.22. The van der Waals surface area contributed by atoms with Crippen LogP contribution >= 0.6 is 11.3 Å². The predicted octanol–water partition coefficient (Wildman–Crippen LogP) is 4.37. The van der Waals surface area contributed by atoms with E-state index in [4.69, 9.17) is 4.74 Å². The first-order chi connectivity index (χ1) is 14.3. The van der Waals surface area contributed by atoms with Gasteiger partial charge in [-0.25, -0.2) is 0 Å². The Bertz CT molecular complexity index is 1040. The smallest absolute Gasteiger partial charge is 0.306 e. The van der Waals surface area contributed by atoms with E-state index in [0.717, 1.165) is 28.7 Å². The van der Waals surface area contributed by atoms with Crippen LogP contribution < -0.4 is 0 Å². The molecule has 0 amide bonds. The van der Waals surface area contributed by atoms with E-state index >= 15 is 0 Å². The Morgan fingerprint density at radius 3 is 2.47 bits per heavy atom. The Hall–Kier alpha value is -3.19. The van der Waals surface area contributed by atoms with E-state index in [9.17, 15) is 24.6 Å². The van der Waals surface area contributed by atoms with Gasteiger partial charge < -0.3 is 14.9 Å². The quantitative estimate of drug-likeness (QED) is 0.387. The van der Waals surface area contributed by atoms with E-state index in [-0.39, 0.29) is 35.3 Å². The number of thiophene rings is 1. The minimum absolute atomic E-state index is 0.0182. The number of Topliss-reactive ketones (excluding diaryl/α,β-unsaturated/α-hetero) is 1. The average molecular weight is 426 g/mol. The van der Waals surface area contributed by atoms with Crippen molar-refractivity contribution in [3.8, 4) is 11.5 Å². The molecule has 1 atom stereocenters. The van der Waals surface area contributed by atoms with Gasteiger partial charge in [-0.15, -0.1) is 11.3 Å². The molecule has 1 aliphatic rings. The van der Waals surface area contributed by atoms with Crippen LogP contribution in [0.5, 0.6) is 11.5 Å². The molecule has 0 aliphatic heterocycles. The number of phenolic OH excluding ortho intramolecular Hbond substituents is 2. The number of hydrogen-bond donors (Lipinski definition) is 2. The van der Waals surface area contributed by atoms with Crippen LogP contribution in [0.2, 0.25) is 0 Å². The Morgan fingerprint density at radius 1 is 1.13 bits per heavy atom. The third-order valence-electron chi connectivity index (χ3n) is 4.70. The van der Waals surface area contributed by atoms with E-state index in [0.29, 0.717) is 6.42 Å². The number of ether oxygens (including phenoxy) is 1. The molecule has 0 radical (unpaired) electrons. The van der Waals surface area contributed by atoms with Crippen LogP contribution in [0.4, 0.5) is 0 Å². The number of carbonyl (C=O) groups is 3. The predicted molar refractivity (Wildman–Crippen MR) is 113 cm³/mol. The molecule has 1 aliphatic carbocycles. The maximum Gasteiger partial charge on any atom is 0.306 e. The number of allylic oxidation sites excluding steroid dienone is 2. The lowest BCUT2D eigenvalue weighted by Crippen LogP contribution is -2.29. The van der Waals surface area contributed by atoms with E-state index in [2.05, 4.69) is 0 Å². The minimum Gasteiger partial charge on any atom is -0.507 e. The molecule has 6 nitrogen and oxygen atoms in total. The molecule has 0 saturated heterocycles. The molecule has 156 valence electrons. The second-order valence-corrected chi connectivity index (χ2v) is 8.25. The number of ketones is 2. The highest BCUT2D eigenvalue weighted by Crippen LogP contribution is 2.36. The lowest BCUT2D eigenvalue weighted by atomic mass is 9.85. The summed E-state index contributed by atoms with van der Waals surface area (Å²) in [5.74, 6) is -2.54. The highest BCUT2D eigenvalue weighted by Gasteiger charge is 2.35. The standard InChI is InChI=1S/C23H22O6S/c1-13(2)5-9-19(29-20(27)10-6-14-4-3-11-30-14)15-12-18(26)21-16(24)7-8-17(25)22(21)23(15)28/h3-5,7-8,11-12,19,24-25H,6,9-10H2,1-2H3/t19-/m1/s1. The summed E-state index contributed by atoms with van der Waals surface area (Å²) in [5.41, 5.74) is 0.434. The fraction of sp³-hybridized carbons (Fsp3) is 0.261. The third kappa shape index (κ3) is 4.68. The number of hydrogen-bond acceptors (Lipinski definition) is 7. The van der Waals surface area contributed by atoms with E-state index < -0.39 is 29.4 Å². The van der Waals surface area contributed by atoms with Crippen molar-refractivity contribution in [1.82, 2.24) is 0 Å². The van der Waals surface area contributed by atoms with Gasteiger partial charge in [-0.1, -0.05) is 17.7 Å². The van der Waals surface area contributed by atoms with Crippen molar-refractivity contribution in [2.75, 3.05) is 0 Å². The first-order valence-corrected chi connectivity index (χ1v) is 10.4. The largest absolute Gasteiger partial charge is 0.507 e. The summed E-state index contributed by atoms with van der Waals surface area (Å²) in [6, 6.07) is 6.14. The summed E-state index contributed by atoms with van der Waals surface area (Å²) in [5, 5.41) is 22.0. The first kappa shape index (κ1) is 21.5. The fourth-order valence-electron chi connectivity index (χ4n) is 3.20. The number of rotatable bonds is 7. The summed E-state index contributed by atoms with van der Waals surface area (Å²) in [7, 11) is 0. The van der Waals surface area contributed by atoms with Crippen molar-refractivity contribution in [2.24, 2.45) is 0 Å². The number of aryl methyl sites for hydroxylation is 1. The number of esters is 1. The summed E-state index contributed by atoms with van der Waals surface area (Å²) in [6.45, 7) is 3.74. The van der Waals surface area contributed by atoms with Crippen molar-refractivity contribution in [3.63, 3.8) is 0 Å². The molecule has 0 spiro atoms. The minimum atomic E-state index is -0.970. The van der Waals surface area contributed by atoms with Gasteiger partial charge in [0.2, 0.25) is 0 Å². The molecule has 1 heterocycles. The zero-order valence-corrected chi connectivity index (χ0v) is 17.5. The van der Waals surface area contributed by atoms with E-state index in [1.807, 2.05) is 37.4 Å². The molecule has 2 N–H and O–H groups in total. The molecule has 0 unspecified atom stereocenters. The van der Waals surface area contributed by atoms with Crippen molar-refractivity contribution < 1.29 is 29.3 Å². The van der Waals surface area contributed by atoms with Gasteiger partial charge in [-0.3, -0.25) is 14.4 Å². The Morgan fingerprint density at radius 2 is 1.83 bits per heavy atom. The van der Waals surface area contributed by atoms with Gasteiger partial charge in [-0.05, 0) is 49.9 Å². The third-order valence-corrected chi connectivity index (χ3v) is 5.64. The van der Waals surface area contributed by atoms with Crippen molar-refractivity contribution >= 4 is 28.9 Å². The van der Waals surface area contributed by atoms with Crippen LogP contribution in [0.25, 0.3) is 0 Å². The summed E-state index contributed by atoms with van der Waals surface area (Å²) < 4.78 is 5.58. The highest BCUT2D eigenvalue weighted by atomic mass is 32.1. The van der Waals surface area contributed by atoms with Gasteiger partial charge in [0, 0.05) is 16.9 Å². The van der Waals surface area contributed by atoms with Crippen LogP contribution in [0.1, 0.15) is 52.3 Å². The van der Waals surface area contributed by atoms with Gasteiger partial charge in [0.05, 0.1) is 17.5 Å². The number of carbonyl (C=O) groups excluding carboxylic acids is 3. The van der Waals surface area contributed by atoms with Crippen LogP contribution in [0.3, 0.4) is 0 Å². The molecule has 2 aromatic rings. The van der Waals surface area contributed by atoms with Crippen molar-refractivity contribution in [2.45, 2.75) is 39.2 Å². The fourth-order valence-corrected chi connectivity index (χ4v) is 3.91. The average Bonchev–Trinajstić information content (AvgIpc) is 3.21. The van der Waals surface area contributed by atoms with E-state index in [1.165, 1.54) is 0 Å². The molecule has 1 aromatic heterocycles. The topological polar surface area (TPSA) is 101 Å². The molecule has 0 fully saturated rings. The normalized spacial score (nSPS) is 14.0. The van der Waals surface area contributed by atoms with Crippen molar-refractivity contribution in [3.05, 3.63) is 68.9 Å². The molecule has 0 bridgehead atoms. The van der Waals surface area contributed by atoms with Crippen LogP contribution in [-0.2, 0) is 16.0 Å². The Balaban J connectivity index is 1.87. The number of aromatic hydroxyl groups is 2. The lowest BCUT2D eigenvalue weighted by molar-refractivity contribution is -0.147. The SMILES string of the molecule is CC(C)=CC[C@@H](OC(=O)CCc1cccs1)C1=CC(=O)c2c(O)ccc(O)c2C1=O. The van der Waals surface area contributed by atoms with Gasteiger partial charge >= 0.3 is 5.97 Å². The molecule has 3 rings (SSSR count). The van der Waals surface area contributed by atoms with Crippen molar-refractivity contribution in [1.29, 1.82) is 0 Å². The lowest BCUT2D eigenvalue weighted by Gasteiger charge is -2.23. The highest BCUT2D eigenvalue weighted by molar-refractivity contribution is 7.09. The zero-order valence-electron chi connectivity index (χ0n) is 16.7. The van der Waals surface area contributed by atoms with Crippen LogP contribution in [-0.4, -0.2) is 33.9 Å². The summed E-state index contributed by atoms with van der Waals surface area (Å²) in [6.07, 6.45) is 2.81. The Kier molecular flexibility index (Phi) is 6.52. The summed E-state index contributed by atoms with van der Waals surface area (Å²) >= 11 is 1.54. The van der Waals surface area contributed by atoms with Gasteiger partial charge in [0.1, 0.15) is 17.6 Å². The maximum atomic E-state index is 13.0. The Labute approximate surface area is 178 Å². The maximum absolute atomic E-state index is 13.0. The van der Waals surface area contributed by atoms with Gasteiger partial charge in [-0.2, -0.15) is 0 Å². The first-order valence-electron chi connectivity index (χ1n) is 9.48. The molecule has 1 aromatic carbocycles. The molecule has 30 heavy (non-hydrogen) atoms. The van der Waals surface area contributed by atoms with E-state index in [1.54, 1.807) is 11.3 Å².